The molecule has 1 heterocycles. The summed E-state index contributed by atoms with van der Waals surface area (Å²) < 4.78 is 13.1. The largest absolute Gasteiger partial charge is 0.494 e. The molecule has 0 atom stereocenters. The Morgan fingerprint density at radius 2 is 1.84 bits per heavy atom. The minimum atomic E-state index is -0.507. The van der Waals surface area contributed by atoms with Crippen LogP contribution >= 0.6 is 0 Å². The highest BCUT2D eigenvalue weighted by atomic mass is 16.5. The number of anilines is 1. The number of carbonyl (C=O) groups is 1. The molecular weight excluding hydrogens is 476 g/mol. The van der Waals surface area contributed by atoms with Crippen LogP contribution in [-0.2, 0) is 4.79 Å². The highest BCUT2D eigenvalue weighted by molar-refractivity contribution is 6.10. The minimum Gasteiger partial charge on any atom is -0.494 e. The van der Waals surface area contributed by atoms with Crippen LogP contribution in [0.15, 0.2) is 84.6 Å². The zero-order valence-electron chi connectivity index (χ0n) is 21.9. The average Bonchev–Trinajstić information content (AvgIpc) is 3.34. The predicted molar refractivity (Wildman–Crippen MR) is 149 cm³/mol. The lowest BCUT2D eigenvalue weighted by molar-refractivity contribution is -0.112. The van der Waals surface area contributed by atoms with E-state index in [2.05, 4.69) is 5.32 Å². The van der Waals surface area contributed by atoms with Crippen molar-refractivity contribution in [1.82, 2.24) is 9.78 Å². The Balaban J connectivity index is 1.71. The number of nitrogens with one attached hydrogen (secondary N) is 1. The van der Waals surface area contributed by atoms with Crippen LogP contribution in [0.2, 0.25) is 0 Å². The lowest BCUT2D eigenvalue weighted by Gasteiger charge is -2.13. The molecule has 0 aliphatic heterocycles. The van der Waals surface area contributed by atoms with Gasteiger partial charge in [0.2, 0.25) is 0 Å². The molecular formula is C31H30N4O3. The predicted octanol–water partition coefficient (Wildman–Crippen LogP) is 6.58. The molecule has 0 saturated heterocycles. The van der Waals surface area contributed by atoms with Crippen molar-refractivity contribution in [2.45, 2.75) is 33.8 Å². The standard InChI is InChI=1S/C31H30N4O3/c1-5-37-28-14-12-26(13-15-28)33-31(36)24(19-32)18-25-20-35(27-9-7-6-8-10-27)34-30(25)23-11-16-29(22(4)17-23)38-21(2)3/h6-18,20-21H,5H2,1-4H3,(H,33,36). The number of amides is 1. The van der Waals surface area contributed by atoms with E-state index in [0.717, 1.165) is 22.6 Å². The molecule has 38 heavy (non-hydrogen) atoms. The van der Waals surface area contributed by atoms with Gasteiger partial charge in [-0.1, -0.05) is 18.2 Å². The SMILES string of the molecule is CCOc1ccc(NC(=O)C(C#N)=Cc2cn(-c3ccccc3)nc2-c2ccc(OC(C)C)c(C)c2)cc1. The Kier molecular flexibility index (Phi) is 8.24. The third-order valence-corrected chi connectivity index (χ3v) is 5.66. The Morgan fingerprint density at radius 3 is 2.47 bits per heavy atom. The van der Waals surface area contributed by atoms with Crippen molar-refractivity contribution in [3.63, 3.8) is 0 Å². The number of benzene rings is 3. The molecule has 0 spiro atoms. The van der Waals surface area contributed by atoms with Crippen molar-refractivity contribution >= 4 is 17.7 Å². The van der Waals surface area contributed by atoms with E-state index < -0.39 is 5.91 Å². The van der Waals surface area contributed by atoms with E-state index in [1.807, 2.05) is 88.5 Å². The summed E-state index contributed by atoms with van der Waals surface area (Å²) in [5.41, 5.74) is 4.50. The minimum absolute atomic E-state index is 0.0378. The van der Waals surface area contributed by atoms with E-state index >= 15 is 0 Å². The van der Waals surface area contributed by atoms with Crippen molar-refractivity contribution in [3.05, 3.63) is 95.7 Å². The fourth-order valence-corrected chi connectivity index (χ4v) is 3.92. The van der Waals surface area contributed by atoms with Crippen molar-refractivity contribution in [2.75, 3.05) is 11.9 Å². The first kappa shape index (κ1) is 26.2. The number of hydrogen-bond donors (Lipinski definition) is 1. The summed E-state index contributed by atoms with van der Waals surface area (Å²) >= 11 is 0. The molecule has 4 rings (SSSR count). The van der Waals surface area contributed by atoms with Gasteiger partial charge in [0.15, 0.2) is 0 Å². The fraction of sp³-hybridized carbons (Fsp3) is 0.194. The first-order valence-corrected chi connectivity index (χ1v) is 12.5. The van der Waals surface area contributed by atoms with Crippen LogP contribution < -0.4 is 14.8 Å². The van der Waals surface area contributed by atoms with Gasteiger partial charge in [0, 0.05) is 23.0 Å². The quantitative estimate of drug-likeness (QED) is 0.205. The normalized spacial score (nSPS) is 11.2. The Labute approximate surface area is 223 Å². The molecule has 0 unspecified atom stereocenters. The van der Waals surface area contributed by atoms with Gasteiger partial charge < -0.3 is 14.8 Å². The van der Waals surface area contributed by atoms with Gasteiger partial charge in [-0.2, -0.15) is 10.4 Å². The second kappa shape index (κ2) is 11.9. The molecule has 0 aliphatic rings. The number of hydrogen-bond acceptors (Lipinski definition) is 5. The van der Waals surface area contributed by atoms with E-state index in [0.29, 0.717) is 29.3 Å². The monoisotopic (exact) mass is 506 g/mol. The molecule has 4 aromatic rings. The van der Waals surface area contributed by atoms with E-state index in [9.17, 15) is 10.1 Å². The second-order valence-corrected chi connectivity index (χ2v) is 8.94. The molecule has 0 aliphatic carbocycles. The number of para-hydroxylation sites is 1. The Morgan fingerprint density at radius 1 is 1.11 bits per heavy atom. The molecule has 0 radical (unpaired) electrons. The van der Waals surface area contributed by atoms with E-state index in [-0.39, 0.29) is 11.7 Å². The average molecular weight is 507 g/mol. The summed E-state index contributed by atoms with van der Waals surface area (Å²) in [7, 11) is 0. The number of nitriles is 1. The third-order valence-electron chi connectivity index (χ3n) is 5.66. The molecule has 1 amide bonds. The van der Waals surface area contributed by atoms with Gasteiger partial charge >= 0.3 is 0 Å². The summed E-state index contributed by atoms with van der Waals surface area (Å²) in [6.45, 7) is 8.41. The molecule has 192 valence electrons. The Bertz CT molecular complexity index is 1480. The summed E-state index contributed by atoms with van der Waals surface area (Å²) in [4.78, 5) is 13.0. The summed E-state index contributed by atoms with van der Waals surface area (Å²) in [6.07, 6.45) is 3.45. The third kappa shape index (κ3) is 6.29. The van der Waals surface area contributed by atoms with Crippen LogP contribution in [0.1, 0.15) is 31.9 Å². The van der Waals surface area contributed by atoms with Crippen LogP contribution in [0.4, 0.5) is 5.69 Å². The number of carbonyl (C=O) groups excluding carboxylic acids is 1. The molecule has 3 aromatic carbocycles. The summed E-state index contributed by atoms with van der Waals surface area (Å²) in [6, 6.07) is 24.6. The van der Waals surface area contributed by atoms with Crippen LogP contribution in [-0.4, -0.2) is 28.4 Å². The highest BCUT2D eigenvalue weighted by Crippen LogP contribution is 2.30. The van der Waals surface area contributed by atoms with Gasteiger partial charge in [-0.15, -0.1) is 0 Å². The lowest BCUT2D eigenvalue weighted by atomic mass is 10.0. The highest BCUT2D eigenvalue weighted by Gasteiger charge is 2.16. The zero-order valence-corrected chi connectivity index (χ0v) is 21.9. The van der Waals surface area contributed by atoms with E-state index in [1.165, 1.54) is 0 Å². The lowest BCUT2D eigenvalue weighted by Crippen LogP contribution is -2.13. The number of ether oxygens (including phenoxy) is 2. The van der Waals surface area contributed by atoms with Crippen molar-refractivity contribution < 1.29 is 14.3 Å². The van der Waals surface area contributed by atoms with Gasteiger partial charge in [0.25, 0.3) is 5.91 Å². The molecule has 0 saturated carbocycles. The number of aryl methyl sites for hydroxylation is 1. The zero-order chi connectivity index (χ0) is 27.1. The van der Waals surface area contributed by atoms with Gasteiger partial charge in [0.1, 0.15) is 28.8 Å². The summed E-state index contributed by atoms with van der Waals surface area (Å²) in [5.74, 6) is 1.00. The molecule has 1 N–H and O–H groups in total. The van der Waals surface area contributed by atoms with Gasteiger partial charge in [-0.25, -0.2) is 4.68 Å². The van der Waals surface area contributed by atoms with Crippen LogP contribution in [0.3, 0.4) is 0 Å². The van der Waals surface area contributed by atoms with Crippen LogP contribution in [0.25, 0.3) is 23.0 Å². The number of nitrogens with zero attached hydrogens (tertiary/aromatic N) is 3. The number of rotatable bonds is 9. The molecule has 7 nitrogen and oxygen atoms in total. The number of aromatic nitrogens is 2. The van der Waals surface area contributed by atoms with Crippen molar-refractivity contribution in [2.24, 2.45) is 0 Å². The van der Waals surface area contributed by atoms with Gasteiger partial charge in [-0.3, -0.25) is 4.79 Å². The van der Waals surface area contributed by atoms with Crippen LogP contribution in [0, 0.1) is 18.3 Å². The van der Waals surface area contributed by atoms with Gasteiger partial charge in [0.05, 0.1) is 18.4 Å². The molecule has 0 bridgehead atoms. The first-order valence-electron chi connectivity index (χ1n) is 12.5. The van der Waals surface area contributed by atoms with E-state index in [4.69, 9.17) is 14.6 Å². The maximum absolute atomic E-state index is 13.0. The second-order valence-electron chi connectivity index (χ2n) is 8.94. The molecule has 7 heteroatoms. The first-order chi connectivity index (χ1) is 18.4. The molecule has 0 fully saturated rings. The van der Waals surface area contributed by atoms with Crippen molar-refractivity contribution in [1.29, 1.82) is 5.26 Å². The topological polar surface area (TPSA) is 89.2 Å². The van der Waals surface area contributed by atoms with E-state index in [1.54, 1.807) is 35.0 Å². The van der Waals surface area contributed by atoms with Gasteiger partial charge in [-0.05, 0) is 93.9 Å². The molecule has 1 aromatic heterocycles. The van der Waals surface area contributed by atoms with Crippen molar-refractivity contribution in [3.8, 4) is 34.5 Å². The van der Waals surface area contributed by atoms with Crippen LogP contribution in [0.5, 0.6) is 11.5 Å². The fourth-order valence-electron chi connectivity index (χ4n) is 3.92. The Hall–Kier alpha value is -4.83. The smallest absolute Gasteiger partial charge is 0.266 e. The summed E-state index contributed by atoms with van der Waals surface area (Å²) in [5, 5.41) is 17.5. The maximum atomic E-state index is 13.0. The maximum Gasteiger partial charge on any atom is 0.266 e.